The summed E-state index contributed by atoms with van der Waals surface area (Å²) in [7, 11) is 0. The summed E-state index contributed by atoms with van der Waals surface area (Å²) in [6, 6.07) is 0. The number of aliphatic hydroxyl groups excluding tert-OH is 4. The number of rotatable bonds is 38. The van der Waals surface area contributed by atoms with Gasteiger partial charge in [0.1, 0.15) is 23.9 Å². The molecule has 0 saturated carbocycles. The Morgan fingerprint density at radius 3 is 1.04 bits per heavy atom. The lowest BCUT2D eigenvalue weighted by molar-refractivity contribution is -0.211. The van der Waals surface area contributed by atoms with E-state index in [1.54, 1.807) is 0 Å². The van der Waals surface area contributed by atoms with Crippen LogP contribution in [0.4, 0.5) is 0 Å². The van der Waals surface area contributed by atoms with E-state index >= 15 is 0 Å². The first-order valence-corrected chi connectivity index (χ1v) is 20.4. The Labute approximate surface area is 286 Å². The van der Waals surface area contributed by atoms with Crippen LogP contribution in [-0.2, 0) is 4.74 Å². The highest BCUT2D eigenvalue weighted by Gasteiger charge is 2.46. The molecule has 0 radical (unpaired) electrons. The van der Waals surface area contributed by atoms with Crippen molar-refractivity contribution in [2.45, 2.75) is 237 Å². The van der Waals surface area contributed by atoms with E-state index < -0.39 is 37.1 Å². The highest BCUT2D eigenvalue weighted by molar-refractivity contribution is 4.97. The molecule has 0 amide bonds. The Balaban J connectivity index is 4.12. The Morgan fingerprint density at radius 2 is 0.739 bits per heavy atom. The standard InChI is InChI=1S/C40H82O6/c1-3-5-7-9-11-13-15-17-19-21-23-25-27-29-31-33-40(45,38(44)36-42)39(37(43)35-41)46-34-32-30-28-26-24-22-20-18-16-14-12-10-8-6-4-2/h37-39,41-45H,3-36H2,1-2H3. The minimum atomic E-state index is -1.80. The van der Waals surface area contributed by atoms with Gasteiger partial charge in [-0.1, -0.05) is 200 Å². The van der Waals surface area contributed by atoms with E-state index in [0.29, 0.717) is 13.0 Å². The van der Waals surface area contributed by atoms with Gasteiger partial charge in [-0.2, -0.15) is 0 Å². The summed E-state index contributed by atoms with van der Waals surface area (Å²) in [5.41, 5.74) is -1.80. The number of hydrogen-bond acceptors (Lipinski definition) is 6. The van der Waals surface area contributed by atoms with Gasteiger partial charge in [0, 0.05) is 6.61 Å². The zero-order valence-electron chi connectivity index (χ0n) is 30.9. The van der Waals surface area contributed by atoms with Crippen molar-refractivity contribution >= 4 is 0 Å². The molecule has 5 N–H and O–H groups in total. The van der Waals surface area contributed by atoms with Crippen LogP contribution >= 0.6 is 0 Å². The molecular weight excluding hydrogens is 576 g/mol. The zero-order chi connectivity index (χ0) is 34.0. The van der Waals surface area contributed by atoms with Crippen molar-refractivity contribution in [3.8, 4) is 0 Å². The number of hydrogen-bond donors (Lipinski definition) is 5. The maximum atomic E-state index is 11.5. The fraction of sp³-hybridized carbons (Fsp3) is 1.00. The van der Waals surface area contributed by atoms with Gasteiger partial charge in [0.05, 0.1) is 13.2 Å². The van der Waals surface area contributed by atoms with Crippen LogP contribution < -0.4 is 0 Å². The van der Waals surface area contributed by atoms with E-state index in [9.17, 15) is 25.5 Å². The summed E-state index contributed by atoms with van der Waals surface area (Å²) in [5.74, 6) is 0. The second-order valence-electron chi connectivity index (χ2n) is 14.4. The van der Waals surface area contributed by atoms with Crippen molar-refractivity contribution in [2.24, 2.45) is 0 Å². The number of aliphatic hydroxyl groups is 5. The molecule has 0 aliphatic rings. The van der Waals surface area contributed by atoms with E-state index in [4.69, 9.17) is 4.74 Å². The van der Waals surface area contributed by atoms with Crippen molar-refractivity contribution in [1.29, 1.82) is 0 Å². The second-order valence-corrected chi connectivity index (χ2v) is 14.4. The first-order chi connectivity index (χ1) is 22.5. The monoisotopic (exact) mass is 659 g/mol. The summed E-state index contributed by atoms with van der Waals surface area (Å²) < 4.78 is 5.94. The molecule has 0 rings (SSSR count). The van der Waals surface area contributed by atoms with E-state index in [1.807, 2.05) is 0 Å². The lowest BCUT2D eigenvalue weighted by Gasteiger charge is -2.41. The van der Waals surface area contributed by atoms with Crippen LogP contribution in [0.2, 0.25) is 0 Å². The largest absolute Gasteiger partial charge is 0.394 e. The molecule has 6 nitrogen and oxygen atoms in total. The number of unbranched alkanes of at least 4 members (excludes halogenated alkanes) is 28. The summed E-state index contributed by atoms with van der Waals surface area (Å²) in [4.78, 5) is 0. The molecule has 6 heteroatoms. The Bertz CT molecular complexity index is 590. The highest BCUT2D eigenvalue weighted by Crippen LogP contribution is 2.29. The Hall–Kier alpha value is -0.240. The van der Waals surface area contributed by atoms with Gasteiger partial charge in [-0.3, -0.25) is 0 Å². The van der Waals surface area contributed by atoms with Crippen molar-refractivity contribution in [2.75, 3.05) is 19.8 Å². The summed E-state index contributed by atoms with van der Waals surface area (Å²) >= 11 is 0. The van der Waals surface area contributed by atoms with Crippen molar-refractivity contribution in [3.63, 3.8) is 0 Å². The Morgan fingerprint density at radius 1 is 0.435 bits per heavy atom. The molecule has 0 spiro atoms. The van der Waals surface area contributed by atoms with Crippen molar-refractivity contribution in [1.82, 2.24) is 0 Å². The predicted octanol–water partition coefficient (Wildman–Crippen LogP) is 9.94. The molecule has 46 heavy (non-hydrogen) atoms. The molecule has 0 bridgehead atoms. The van der Waals surface area contributed by atoms with E-state index in [-0.39, 0.29) is 6.42 Å². The van der Waals surface area contributed by atoms with Gasteiger partial charge in [0.15, 0.2) is 0 Å². The van der Waals surface area contributed by atoms with Gasteiger partial charge < -0.3 is 30.3 Å². The molecule has 278 valence electrons. The van der Waals surface area contributed by atoms with Crippen molar-refractivity contribution in [3.05, 3.63) is 0 Å². The fourth-order valence-electron chi connectivity index (χ4n) is 6.80. The first-order valence-electron chi connectivity index (χ1n) is 20.4. The first kappa shape index (κ1) is 45.8. The molecule has 4 atom stereocenters. The summed E-state index contributed by atoms with van der Waals surface area (Å²) in [6.07, 6.45) is 34.0. The third-order valence-corrected chi connectivity index (χ3v) is 10.0. The maximum Gasteiger partial charge on any atom is 0.121 e. The smallest absolute Gasteiger partial charge is 0.121 e. The van der Waals surface area contributed by atoms with Crippen LogP contribution in [0.25, 0.3) is 0 Å². The van der Waals surface area contributed by atoms with Gasteiger partial charge in [0.25, 0.3) is 0 Å². The van der Waals surface area contributed by atoms with Gasteiger partial charge in [-0.15, -0.1) is 0 Å². The second kappa shape index (κ2) is 34.6. The predicted molar refractivity (Wildman–Crippen MR) is 195 cm³/mol. The average molecular weight is 659 g/mol. The third-order valence-electron chi connectivity index (χ3n) is 10.0. The average Bonchev–Trinajstić information content (AvgIpc) is 3.07. The minimum absolute atomic E-state index is 0.216. The highest BCUT2D eigenvalue weighted by atomic mass is 16.5. The molecule has 0 aromatic heterocycles. The van der Waals surface area contributed by atoms with Crippen LogP contribution in [-0.4, -0.2) is 69.3 Å². The quantitative estimate of drug-likeness (QED) is 0.0422. The van der Waals surface area contributed by atoms with Gasteiger partial charge in [0.2, 0.25) is 0 Å². The summed E-state index contributed by atoms with van der Waals surface area (Å²) in [6.45, 7) is 3.69. The molecule has 0 aromatic carbocycles. The lowest BCUT2D eigenvalue weighted by atomic mass is 9.82. The molecular formula is C40H82O6. The minimum Gasteiger partial charge on any atom is -0.394 e. The van der Waals surface area contributed by atoms with Gasteiger partial charge in [-0.25, -0.2) is 0 Å². The van der Waals surface area contributed by atoms with Crippen LogP contribution in [0.15, 0.2) is 0 Å². The Kier molecular flexibility index (Phi) is 34.4. The maximum absolute atomic E-state index is 11.5. The molecule has 0 heterocycles. The normalized spacial score (nSPS) is 15.2. The third kappa shape index (κ3) is 25.7. The van der Waals surface area contributed by atoms with E-state index in [2.05, 4.69) is 13.8 Å². The zero-order valence-corrected chi connectivity index (χ0v) is 30.9. The SMILES string of the molecule is CCCCCCCCCCCCCCCCCOC(C(O)CO)C(O)(CCCCCCCCCCCCCCCCC)C(O)CO. The van der Waals surface area contributed by atoms with Crippen molar-refractivity contribution < 1.29 is 30.3 Å². The summed E-state index contributed by atoms with van der Waals surface area (Å²) in [5, 5.41) is 51.9. The molecule has 0 aromatic rings. The van der Waals surface area contributed by atoms with Crippen LogP contribution in [0.3, 0.4) is 0 Å². The van der Waals surface area contributed by atoms with Gasteiger partial charge >= 0.3 is 0 Å². The van der Waals surface area contributed by atoms with Crippen LogP contribution in [0.5, 0.6) is 0 Å². The molecule has 0 aliphatic heterocycles. The topological polar surface area (TPSA) is 110 Å². The lowest BCUT2D eigenvalue weighted by Crippen LogP contribution is -2.59. The molecule has 0 aliphatic carbocycles. The van der Waals surface area contributed by atoms with Gasteiger partial charge in [-0.05, 0) is 12.8 Å². The fourth-order valence-corrected chi connectivity index (χ4v) is 6.80. The molecule has 0 saturated heterocycles. The van der Waals surface area contributed by atoms with E-state index in [0.717, 1.165) is 38.5 Å². The molecule has 4 unspecified atom stereocenters. The van der Waals surface area contributed by atoms with E-state index in [1.165, 1.54) is 148 Å². The van der Waals surface area contributed by atoms with Crippen LogP contribution in [0, 0.1) is 0 Å². The van der Waals surface area contributed by atoms with Crippen LogP contribution in [0.1, 0.15) is 213 Å². The molecule has 0 fully saturated rings. The number of ether oxygens (including phenoxy) is 1.